The minimum Gasteiger partial charge on any atom is -0.397 e. The molecule has 7 N–H and O–H groups in total. The van der Waals surface area contributed by atoms with E-state index in [2.05, 4.69) is 15.0 Å². The average molecular weight is 318 g/mol. The minimum atomic E-state index is 0.498. The van der Waals surface area contributed by atoms with Crippen molar-refractivity contribution >= 4 is 28.2 Å². The molecule has 2 aromatic carbocycles. The van der Waals surface area contributed by atoms with Crippen LogP contribution in [0, 0.1) is 0 Å². The predicted molar refractivity (Wildman–Crippen MR) is 99.0 cm³/mol. The number of rotatable bonds is 1. The number of pyridine rings is 1. The topological polar surface area (TPSA) is 120 Å². The molecule has 2 heterocycles. The van der Waals surface area contributed by atoms with Gasteiger partial charge >= 0.3 is 0 Å². The summed E-state index contributed by atoms with van der Waals surface area (Å²) in [5.41, 5.74) is 20.4. The van der Waals surface area contributed by atoms with Gasteiger partial charge in [-0.1, -0.05) is 30.3 Å². The number of fused-ring (bicyclic) bond motifs is 1. The van der Waals surface area contributed by atoms with Gasteiger partial charge in [0, 0.05) is 0 Å². The van der Waals surface area contributed by atoms with Gasteiger partial charge in [-0.25, -0.2) is 9.97 Å². The molecule has 0 bridgehead atoms. The first kappa shape index (κ1) is 15.4. The number of aromatic nitrogens is 3. The Balaban J connectivity index is 0.000000179. The van der Waals surface area contributed by atoms with Crippen molar-refractivity contribution in [3.05, 3.63) is 66.7 Å². The van der Waals surface area contributed by atoms with Crippen LogP contribution in [0.15, 0.2) is 66.7 Å². The Kier molecular flexibility index (Phi) is 4.29. The zero-order chi connectivity index (χ0) is 16.9. The number of hydrogen-bond acceptors (Lipinski definition) is 5. The van der Waals surface area contributed by atoms with Crippen molar-refractivity contribution < 1.29 is 0 Å². The lowest BCUT2D eigenvalue weighted by molar-refractivity contribution is 1.24. The van der Waals surface area contributed by atoms with E-state index < -0.39 is 0 Å². The number of anilines is 3. The molecule has 0 amide bonds. The highest BCUT2D eigenvalue weighted by atomic mass is 15.0. The first-order valence-corrected chi connectivity index (χ1v) is 7.41. The van der Waals surface area contributed by atoms with Crippen LogP contribution in [0.25, 0.3) is 22.6 Å². The van der Waals surface area contributed by atoms with Crippen LogP contribution in [0.5, 0.6) is 0 Å². The van der Waals surface area contributed by atoms with E-state index in [9.17, 15) is 0 Å². The fourth-order valence-corrected chi connectivity index (χ4v) is 2.17. The molecule has 0 spiro atoms. The van der Waals surface area contributed by atoms with Gasteiger partial charge in [-0.15, -0.1) is 0 Å². The summed E-state index contributed by atoms with van der Waals surface area (Å²) in [6.45, 7) is 0. The van der Waals surface area contributed by atoms with Gasteiger partial charge in [-0.3, -0.25) is 0 Å². The number of nitrogens with two attached hydrogens (primary N) is 3. The van der Waals surface area contributed by atoms with Crippen LogP contribution in [-0.2, 0) is 0 Å². The van der Waals surface area contributed by atoms with Gasteiger partial charge in [-0.05, 0) is 36.4 Å². The molecule has 2 aromatic heterocycles. The number of benzene rings is 2. The first-order chi connectivity index (χ1) is 11.6. The van der Waals surface area contributed by atoms with E-state index in [-0.39, 0.29) is 0 Å². The number of para-hydroxylation sites is 4. The lowest BCUT2D eigenvalue weighted by Gasteiger charge is -1.96. The summed E-state index contributed by atoms with van der Waals surface area (Å²) in [4.78, 5) is 11.9. The molecule has 0 fully saturated rings. The minimum absolute atomic E-state index is 0.498. The molecule has 24 heavy (non-hydrogen) atoms. The summed E-state index contributed by atoms with van der Waals surface area (Å²) in [7, 11) is 0. The fraction of sp³-hybridized carbons (Fsp3) is 0. The largest absolute Gasteiger partial charge is 0.397 e. The van der Waals surface area contributed by atoms with E-state index in [1.807, 2.05) is 48.5 Å². The van der Waals surface area contributed by atoms with Gasteiger partial charge < -0.3 is 22.2 Å². The number of nitrogens with zero attached hydrogens (tertiary/aromatic N) is 2. The van der Waals surface area contributed by atoms with E-state index in [1.165, 1.54) is 0 Å². The molecular formula is C18H18N6. The maximum atomic E-state index is 5.64. The number of H-pyrrole nitrogens is 1. The van der Waals surface area contributed by atoms with Crippen LogP contribution < -0.4 is 17.2 Å². The number of imidazole rings is 1. The molecular weight excluding hydrogens is 300 g/mol. The van der Waals surface area contributed by atoms with Crippen LogP contribution in [0.3, 0.4) is 0 Å². The van der Waals surface area contributed by atoms with Crippen molar-refractivity contribution in [2.45, 2.75) is 0 Å². The van der Waals surface area contributed by atoms with E-state index >= 15 is 0 Å². The molecule has 0 aliphatic rings. The van der Waals surface area contributed by atoms with Crippen molar-refractivity contribution in [1.29, 1.82) is 0 Å². The SMILES string of the molecule is Nc1cccc(-c2nc3ccccc3[nH]2)n1.Nc1ccccc1N. The number of hydrogen-bond donors (Lipinski definition) is 4. The summed E-state index contributed by atoms with van der Waals surface area (Å²) in [5, 5.41) is 0. The Morgan fingerprint density at radius 1 is 0.667 bits per heavy atom. The van der Waals surface area contributed by atoms with Crippen LogP contribution in [0.4, 0.5) is 17.2 Å². The summed E-state index contributed by atoms with van der Waals surface area (Å²) in [6, 6.07) is 20.6. The number of nitrogens with one attached hydrogen (secondary N) is 1. The predicted octanol–water partition coefficient (Wildman–Crippen LogP) is 3.06. The monoisotopic (exact) mass is 318 g/mol. The Bertz CT molecular complexity index is 906. The van der Waals surface area contributed by atoms with Gasteiger partial charge in [0.05, 0.1) is 22.4 Å². The molecule has 4 rings (SSSR count). The second-order valence-corrected chi connectivity index (χ2v) is 5.18. The molecule has 0 radical (unpaired) electrons. The Hall–Kier alpha value is -3.54. The van der Waals surface area contributed by atoms with Crippen LogP contribution in [0.1, 0.15) is 0 Å². The molecule has 120 valence electrons. The standard InChI is InChI=1S/C12H10N4.C6H8N2/c13-11-7-3-6-10(14-11)12-15-8-4-1-2-5-9(8)16-12;7-5-3-1-2-4-6(5)8/h1-7H,(H2,13,14)(H,15,16);1-4H,7-8H2. The van der Waals surface area contributed by atoms with E-state index in [0.29, 0.717) is 17.2 Å². The zero-order valence-electron chi connectivity index (χ0n) is 13.0. The van der Waals surface area contributed by atoms with Crippen LogP contribution in [-0.4, -0.2) is 15.0 Å². The van der Waals surface area contributed by atoms with Gasteiger partial charge in [0.2, 0.25) is 0 Å². The lowest BCUT2D eigenvalue weighted by atomic mass is 10.3. The van der Waals surface area contributed by atoms with E-state index in [0.717, 1.165) is 22.6 Å². The fourth-order valence-electron chi connectivity index (χ4n) is 2.17. The van der Waals surface area contributed by atoms with Gasteiger partial charge in [0.15, 0.2) is 5.82 Å². The highest BCUT2D eigenvalue weighted by Gasteiger charge is 2.05. The summed E-state index contributed by atoms with van der Waals surface area (Å²) < 4.78 is 0. The normalized spacial score (nSPS) is 10.2. The molecule has 0 saturated heterocycles. The third-order valence-corrected chi connectivity index (χ3v) is 3.40. The third kappa shape index (κ3) is 3.44. The smallest absolute Gasteiger partial charge is 0.157 e. The molecule has 6 nitrogen and oxygen atoms in total. The molecule has 4 aromatic rings. The van der Waals surface area contributed by atoms with E-state index in [1.54, 1.807) is 18.2 Å². The third-order valence-electron chi connectivity index (χ3n) is 3.40. The Morgan fingerprint density at radius 2 is 1.33 bits per heavy atom. The van der Waals surface area contributed by atoms with Crippen LogP contribution in [0.2, 0.25) is 0 Å². The second kappa shape index (κ2) is 6.70. The molecule has 0 saturated carbocycles. The van der Waals surface area contributed by atoms with E-state index in [4.69, 9.17) is 17.2 Å². The molecule has 0 atom stereocenters. The number of nitrogen functional groups attached to an aromatic ring is 3. The maximum absolute atomic E-state index is 5.64. The first-order valence-electron chi connectivity index (χ1n) is 7.41. The zero-order valence-corrected chi connectivity index (χ0v) is 13.0. The highest BCUT2D eigenvalue weighted by molar-refractivity contribution is 5.78. The van der Waals surface area contributed by atoms with Crippen molar-refractivity contribution in [2.24, 2.45) is 0 Å². The van der Waals surface area contributed by atoms with Crippen LogP contribution >= 0.6 is 0 Å². The molecule has 0 aliphatic carbocycles. The molecule has 0 aliphatic heterocycles. The van der Waals surface area contributed by atoms with Gasteiger partial charge in [0.25, 0.3) is 0 Å². The molecule has 6 heteroatoms. The van der Waals surface area contributed by atoms with Crippen molar-refractivity contribution in [3.8, 4) is 11.5 Å². The summed E-state index contributed by atoms with van der Waals surface area (Å²) in [5.74, 6) is 1.24. The molecule has 0 unspecified atom stereocenters. The Labute approximate surface area is 139 Å². The summed E-state index contributed by atoms with van der Waals surface area (Å²) in [6.07, 6.45) is 0. The summed E-state index contributed by atoms with van der Waals surface area (Å²) >= 11 is 0. The van der Waals surface area contributed by atoms with Crippen molar-refractivity contribution in [2.75, 3.05) is 17.2 Å². The van der Waals surface area contributed by atoms with Gasteiger partial charge in [-0.2, -0.15) is 0 Å². The quantitative estimate of drug-likeness (QED) is 0.402. The van der Waals surface area contributed by atoms with Crippen molar-refractivity contribution in [1.82, 2.24) is 15.0 Å². The average Bonchev–Trinajstić information content (AvgIpc) is 3.02. The number of aromatic amines is 1. The van der Waals surface area contributed by atoms with Gasteiger partial charge in [0.1, 0.15) is 11.5 Å². The maximum Gasteiger partial charge on any atom is 0.157 e. The highest BCUT2D eigenvalue weighted by Crippen LogP contribution is 2.18. The second-order valence-electron chi connectivity index (χ2n) is 5.18. The Morgan fingerprint density at radius 3 is 1.96 bits per heavy atom. The van der Waals surface area contributed by atoms with Crippen molar-refractivity contribution in [3.63, 3.8) is 0 Å². The lowest BCUT2D eigenvalue weighted by Crippen LogP contribution is -1.92.